The standard InChI is InChI=1S/C16H15N9O2.9Y/c1-10-18-8-22-15(24-10)13(14-20-6-17-7-21-14)16-23-9-19-12(25-16)4-3-11(26)5-27-2;;;;;;;;;/h11,13,26H,3-5H2,1-2H3;;;;;;;;;/q-4;;;;;;;;;. The molecule has 0 aliphatic rings. The summed E-state index contributed by atoms with van der Waals surface area (Å²) in [7, 11) is 1.53. The molecule has 0 aliphatic carbocycles. The van der Waals surface area contributed by atoms with Crippen molar-refractivity contribution in [3.63, 3.8) is 0 Å². The Morgan fingerprint density at radius 2 is 1.19 bits per heavy atom. The third kappa shape index (κ3) is 21.6. The second kappa shape index (κ2) is 34.8. The topological polar surface area (TPSA) is 145 Å². The maximum absolute atomic E-state index is 9.80. The van der Waals surface area contributed by atoms with E-state index in [1.54, 1.807) is 6.92 Å². The second-order valence-corrected chi connectivity index (χ2v) is 5.53. The van der Waals surface area contributed by atoms with Crippen LogP contribution in [0.2, 0.25) is 0 Å². The molecule has 0 saturated carbocycles. The molecule has 3 rings (SSSR count). The zero-order chi connectivity index (χ0) is 19.1. The quantitative estimate of drug-likeness (QED) is 0.274. The van der Waals surface area contributed by atoms with E-state index in [0.717, 1.165) is 0 Å². The van der Waals surface area contributed by atoms with Crippen LogP contribution in [0.1, 0.15) is 41.5 Å². The van der Waals surface area contributed by atoms with E-state index in [1.165, 1.54) is 7.11 Å². The van der Waals surface area contributed by atoms with Gasteiger partial charge in [-0.05, 0) is 18.8 Å². The average molecular weight is 1170 g/mol. The number of aryl methyl sites for hydroxylation is 2. The third-order valence-corrected chi connectivity index (χ3v) is 3.50. The van der Waals surface area contributed by atoms with Gasteiger partial charge in [-0.25, -0.2) is 0 Å². The molecule has 0 saturated heterocycles. The van der Waals surface area contributed by atoms with E-state index in [2.05, 4.69) is 70.2 Å². The zero-order valence-electron chi connectivity index (χ0n) is 19.9. The van der Waals surface area contributed by atoms with E-state index in [-0.39, 0.29) is 307 Å². The molecule has 11 nitrogen and oxygen atoms in total. The molecule has 0 bridgehead atoms. The number of aromatic nitrogens is 9. The molecule has 20 heteroatoms. The molecule has 0 amide bonds. The van der Waals surface area contributed by atoms with Gasteiger partial charge in [-0.15, -0.1) is 5.82 Å². The van der Waals surface area contributed by atoms with Gasteiger partial charge in [-0.2, -0.15) is 12.7 Å². The normalized spacial score (nSPS) is 9.97. The molecular weight excluding hydrogens is 1150 g/mol. The molecule has 2 unspecified atom stereocenters. The van der Waals surface area contributed by atoms with E-state index in [9.17, 15) is 5.11 Å². The minimum absolute atomic E-state index is 0. The van der Waals surface area contributed by atoms with Crippen LogP contribution in [0.4, 0.5) is 0 Å². The number of hydrogen-bond donors (Lipinski definition) is 1. The summed E-state index contributed by atoms with van der Waals surface area (Å²) in [5.41, 5.74) is 0. The Morgan fingerprint density at radius 1 is 0.694 bits per heavy atom. The Morgan fingerprint density at radius 3 is 1.72 bits per heavy atom. The second-order valence-electron chi connectivity index (χ2n) is 5.53. The third-order valence-electron chi connectivity index (χ3n) is 3.50. The Kier molecular flexibility index (Phi) is 56.4. The van der Waals surface area contributed by atoms with E-state index in [0.29, 0.717) is 36.1 Å². The molecule has 3 aromatic rings. The molecule has 36 heavy (non-hydrogen) atoms. The van der Waals surface area contributed by atoms with Crippen molar-refractivity contribution in [3.05, 3.63) is 54.4 Å². The van der Waals surface area contributed by atoms with Gasteiger partial charge in [0, 0.05) is 337 Å². The maximum Gasteiger partial charge on any atom is 0.0768 e. The molecule has 3 heterocycles. The summed E-state index contributed by atoms with van der Waals surface area (Å²) in [6.07, 6.45) is 10.2. The molecule has 0 aromatic carbocycles. The number of aliphatic hydroxyl groups is 1. The summed E-state index contributed by atoms with van der Waals surface area (Å²) in [5.74, 6) is 1.12. The van der Waals surface area contributed by atoms with Gasteiger partial charge in [0.2, 0.25) is 0 Å². The van der Waals surface area contributed by atoms with Crippen molar-refractivity contribution < 1.29 is 304 Å². The van der Waals surface area contributed by atoms with Crippen molar-refractivity contribution in [2.24, 2.45) is 0 Å². The fourth-order valence-electron chi connectivity index (χ4n) is 2.30. The van der Waals surface area contributed by atoms with Crippen molar-refractivity contribution in [1.29, 1.82) is 0 Å². The molecule has 0 spiro atoms. The largest absolute Gasteiger partial charge is 0.505 e. The van der Waals surface area contributed by atoms with Crippen LogP contribution in [-0.4, -0.2) is 69.8 Å². The first-order valence-electron chi connectivity index (χ1n) is 8.02. The molecule has 0 fully saturated rings. The first-order valence-corrected chi connectivity index (χ1v) is 8.02. The Bertz CT molecular complexity index is 894. The SMILES string of the molecule is COCC(O)CCc1n[c-]nc(C(c2n[c-]n[c-]n2)c2n[c-]nc(C)n2)n1.[Y].[Y].[Y].[Y].[Y].[Y].[Y].[Y].[Y]. The van der Waals surface area contributed by atoms with Gasteiger partial charge in [0.1, 0.15) is 0 Å². The number of methoxy groups -OCH3 is 1. The van der Waals surface area contributed by atoms with Crippen LogP contribution in [-0.2, 0) is 306 Å². The van der Waals surface area contributed by atoms with Crippen LogP contribution in [0.3, 0.4) is 0 Å². The van der Waals surface area contributed by atoms with Crippen LogP contribution in [0.15, 0.2) is 0 Å². The smallest absolute Gasteiger partial charge is 0.0768 e. The zero-order valence-corrected chi connectivity index (χ0v) is 45.4. The van der Waals surface area contributed by atoms with Crippen LogP contribution in [0, 0.1) is 32.2 Å². The summed E-state index contributed by atoms with van der Waals surface area (Å²) in [6.45, 7) is 1.95. The van der Waals surface area contributed by atoms with E-state index in [4.69, 9.17) is 4.74 Å². The first kappa shape index (κ1) is 58.4. The van der Waals surface area contributed by atoms with E-state index < -0.39 is 12.0 Å². The predicted octanol–water partition coefficient (Wildman–Crippen LogP) is -1.15. The molecule has 1 N–H and O–H groups in total. The van der Waals surface area contributed by atoms with Crippen molar-refractivity contribution in [3.8, 4) is 0 Å². The minimum Gasteiger partial charge on any atom is -0.505 e. The Balaban J connectivity index is -0.000000187. The molecular formula is C16H15N9O2Y9-4. The van der Waals surface area contributed by atoms with Gasteiger partial charge < -0.3 is 54.7 Å². The molecule has 9 radical (unpaired) electrons. The van der Waals surface area contributed by atoms with Gasteiger partial charge in [-0.3, -0.25) is 0 Å². The van der Waals surface area contributed by atoms with Crippen LogP contribution in [0.25, 0.3) is 0 Å². The molecule has 0 aliphatic heterocycles. The van der Waals surface area contributed by atoms with E-state index in [1.807, 2.05) is 0 Å². The van der Waals surface area contributed by atoms with Gasteiger partial charge in [0.05, 0.1) is 12.7 Å². The number of hydrogen-bond acceptors (Lipinski definition) is 11. The minimum atomic E-state index is -0.708. The molecule has 3 aromatic heterocycles. The predicted molar refractivity (Wildman–Crippen MR) is 86.7 cm³/mol. The summed E-state index contributed by atoms with van der Waals surface area (Å²) in [5, 5.41) is 9.80. The maximum atomic E-state index is 9.80. The van der Waals surface area contributed by atoms with Gasteiger partial charge in [0.25, 0.3) is 0 Å². The monoisotopic (exact) mass is 1170 g/mol. The first-order chi connectivity index (χ1) is 13.2. The number of nitrogens with zero attached hydrogens (tertiary/aromatic N) is 9. The van der Waals surface area contributed by atoms with Crippen LogP contribution < -0.4 is 0 Å². The fraction of sp³-hybridized carbons (Fsp3) is 0.438. The Labute approximate surface area is 437 Å². The van der Waals surface area contributed by atoms with Crippen LogP contribution >= 0.6 is 0 Å². The summed E-state index contributed by atoms with van der Waals surface area (Å²) in [6, 6.07) is 0. The number of rotatable bonds is 8. The van der Waals surface area contributed by atoms with E-state index >= 15 is 0 Å². The van der Waals surface area contributed by atoms with Gasteiger partial charge in [0.15, 0.2) is 0 Å². The summed E-state index contributed by atoms with van der Waals surface area (Å²) >= 11 is 0. The number of aliphatic hydroxyl groups excluding tert-OH is 1. The molecule has 2 atom stereocenters. The van der Waals surface area contributed by atoms with Crippen molar-refractivity contribution in [2.75, 3.05) is 13.7 Å². The summed E-state index contributed by atoms with van der Waals surface area (Å²) in [4.78, 5) is 36.5. The molecule has 167 valence electrons. The van der Waals surface area contributed by atoms with Crippen molar-refractivity contribution in [2.45, 2.75) is 31.8 Å². The summed E-state index contributed by atoms with van der Waals surface area (Å²) < 4.78 is 4.91. The van der Waals surface area contributed by atoms with Gasteiger partial charge in [-0.1, -0.05) is 6.92 Å². The fourth-order valence-corrected chi connectivity index (χ4v) is 2.30. The number of ether oxygens (including phenoxy) is 1. The average Bonchev–Trinajstić information content (AvgIpc) is 2.68. The van der Waals surface area contributed by atoms with Crippen molar-refractivity contribution >= 4 is 0 Å². The van der Waals surface area contributed by atoms with Gasteiger partial charge >= 0.3 is 0 Å². The Hall–Kier alpha value is 6.89. The van der Waals surface area contributed by atoms with Crippen LogP contribution in [0.5, 0.6) is 0 Å². The van der Waals surface area contributed by atoms with Crippen molar-refractivity contribution in [1.82, 2.24) is 44.9 Å².